The highest BCUT2D eigenvalue weighted by molar-refractivity contribution is 8.45. The zero-order valence-electron chi connectivity index (χ0n) is 19.9. The Morgan fingerprint density at radius 2 is 1.59 bits per heavy atom. The molecule has 1 aliphatic heterocycles. The van der Waals surface area contributed by atoms with Gasteiger partial charge in [0.25, 0.3) is 5.56 Å². The van der Waals surface area contributed by atoms with Gasteiger partial charge in [-0.25, -0.2) is 4.98 Å². The number of Topliss-reactive ketones (excluding diaryl/α,β-unsaturated/α-hetero) is 1. The van der Waals surface area contributed by atoms with Crippen LogP contribution in [0.4, 0.5) is 25.1 Å². The number of hydrogen-bond acceptors (Lipinski definition) is 5. The maximum absolute atomic E-state index is 13.0. The van der Waals surface area contributed by atoms with Crippen LogP contribution in [0.25, 0.3) is 10.9 Å². The quantitative estimate of drug-likeness (QED) is 0.395. The lowest BCUT2D eigenvalue weighted by molar-refractivity contribution is -0.129. The summed E-state index contributed by atoms with van der Waals surface area (Å²) < 4.78 is 65.4. The van der Waals surface area contributed by atoms with E-state index in [9.17, 15) is 33.8 Å². The molecule has 200 valence electrons. The molecule has 1 saturated heterocycles. The van der Waals surface area contributed by atoms with E-state index in [1.165, 1.54) is 17.8 Å². The molecule has 0 radical (unpaired) electrons. The van der Waals surface area contributed by atoms with Crippen molar-refractivity contribution in [3.63, 3.8) is 0 Å². The molecular weight excluding hydrogens is 519 g/mol. The van der Waals surface area contributed by atoms with E-state index in [1.807, 2.05) is 6.07 Å². The Labute approximate surface area is 209 Å². The van der Waals surface area contributed by atoms with Gasteiger partial charge in [0.1, 0.15) is 4.90 Å². The van der Waals surface area contributed by atoms with Crippen molar-refractivity contribution in [1.82, 2.24) is 14.5 Å². The second kappa shape index (κ2) is 8.82. The fourth-order valence-corrected chi connectivity index (χ4v) is 4.85. The topological polar surface area (TPSA) is 75.5 Å². The van der Waals surface area contributed by atoms with E-state index in [-0.39, 0.29) is 36.6 Å². The van der Waals surface area contributed by atoms with Crippen molar-refractivity contribution in [2.45, 2.75) is 31.2 Å². The molecule has 1 aromatic heterocycles. The molecule has 1 aliphatic rings. The first-order valence-electron chi connectivity index (χ1n) is 11.5. The lowest BCUT2D eigenvalue weighted by Gasteiger charge is -2.40. The monoisotopic (exact) mass is 544 g/mol. The molecule has 2 aromatic carbocycles. The van der Waals surface area contributed by atoms with Crippen LogP contribution in [-0.4, -0.2) is 52.3 Å². The third-order valence-electron chi connectivity index (χ3n) is 6.31. The lowest BCUT2D eigenvalue weighted by Crippen LogP contribution is -2.48. The summed E-state index contributed by atoms with van der Waals surface area (Å²) in [5.74, 6) is -0.354. The second-order valence-electron chi connectivity index (χ2n) is 9.02. The first-order chi connectivity index (χ1) is 17.1. The summed E-state index contributed by atoms with van der Waals surface area (Å²) in [7, 11) is -9.74. The number of halogens is 5. The van der Waals surface area contributed by atoms with Gasteiger partial charge in [0.05, 0.1) is 23.8 Å². The third-order valence-corrected chi connectivity index (χ3v) is 7.47. The average Bonchev–Trinajstić information content (AvgIpc) is 2.83. The summed E-state index contributed by atoms with van der Waals surface area (Å²) >= 11 is 0. The van der Waals surface area contributed by atoms with Crippen LogP contribution < -0.4 is 10.5 Å². The minimum atomic E-state index is -9.74. The molecule has 2 heterocycles. The summed E-state index contributed by atoms with van der Waals surface area (Å²) in [4.78, 5) is 43.1. The van der Waals surface area contributed by atoms with Gasteiger partial charge in [-0.3, -0.25) is 19.0 Å². The normalized spacial score (nSPS) is 16.4. The summed E-state index contributed by atoms with van der Waals surface area (Å²) in [6, 6.07) is 7.73. The molecule has 1 fully saturated rings. The van der Waals surface area contributed by atoms with Gasteiger partial charge in [-0.2, -0.15) is 0 Å². The smallest absolute Gasteiger partial charge is 0.310 e. The standard InChI is InChI=1S/C24H25F5N4O3S/c1-17(34)31-10-12-32(13-11-31)19-5-9-23-22(14-19)24(36)33(16-30-23)15-20(35)6-2-18-3-7-21(8-4-18)37(25,26,27,28)29/h3-5,7-9,14,16H,2,6,10-13,15H2,1H3. The molecule has 0 unspecified atom stereocenters. The number of amides is 1. The van der Waals surface area contributed by atoms with Crippen LogP contribution in [0.1, 0.15) is 18.9 Å². The number of rotatable bonds is 7. The Morgan fingerprint density at radius 3 is 2.19 bits per heavy atom. The molecule has 0 N–H and O–H groups in total. The molecule has 1 amide bonds. The van der Waals surface area contributed by atoms with Crippen LogP contribution in [0.15, 0.2) is 58.5 Å². The van der Waals surface area contributed by atoms with E-state index >= 15 is 0 Å². The van der Waals surface area contributed by atoms with Crippen molar-refractivity contribution < 1.29 is 29.0 Å². The molecule has 13 heteroatoms. The Hall–Kier alpha value is -3.48. The Morgan fingerprint density at radius 1 is 0.946 bits per heavy atom. The molecule has 37 heavy (non-hydrogen) atoms. The second-order valence-corrected chi connectivity index (χ2v) is 11.4. The molecule has 0 aliphatic carbocycles. The van der Waals surface area contributed by atoms with Crippen LogP contribution in [0.3, 0.4) is 0 Å². The number of benzene rings is 2. The van der Waals surface area contributed by atoms with E-state index in [0.29, 0.717) is 49.2 Å². The number of carbonyl (C=O) groups is 2. The van der Waals surface area contributed by atoms with Crippen molar-refractivity contribution in [3.05, 3.63) is 64.7 Å². The van der Waals surface area contributed by atoms with Crippen molar-refractivity contribution in [1.29, 1.82) is 0 Å². The average molecular weight is 545 g/mol. The molecule has 4 rings (SSSR count). The summed E-state index contributed by atoms with van der Waals surface area (Å²) in [5.41, 5.74) is 1.14. The van der Waals surface area contributed by atoms with Crippen molar-refractivity contribution in [2.75, 3.05) is 31.1 Å². The van der Waals surface area contributed by atoms with Gasteiger partial charge in [0.15, 0.2) is 5.78 Å². The van der Waals surface area contributed by atoms with Crippen molar-refractivity contribution in [2.24, 2.45) is 0 Å². The Kier molecular flexibility index (Phi) is 6.34. The molecule has 0 spiro atoms. The van der Waals surface area contributed by atoms with Crippen LogP contribution in [0.2, 0.25) is 0 Å². The molecule has 3 aromatic rings. The highest BCUT2D eigenvalue weighted by atomic mass is 32.5. The molecular formula is C24H25F5N4O3S. The van der Waals surface area contributed by atoms with Gasteiger partial charge in [0, 0.05) is 45.2 Å². The lowest BCUT2D eigenvalue weighted by atomic mass is 10.1. The maximum atomic E-state index is 13.0. The first-order valence-corrected chi connectivity index (χ1v) is 13.4. The summed E-state index contributed by atoms with van der Waals surface area (Å²) in [6.45, 7) is 3.60. The fourth-order valence-electron chi connectivity index (χ4n) is 4.20. The fraction of sp³-hybridized carbons (Fsp3) is 0.333. The molecule has 0 bridgehead atoms. The van der Waals surface area contributed by atoms with Crippen molar-refractivity contribution >= 4 is 38.5 Å². The largest absolute Gasteiger partial charge is 0.368 e. The SMILES string of the molecule is CC(=O)N1CCN(c2ccc3ncn(CC(=O)CCc4ccc(S(F)(F)(F)(F)F)cc4)c(=O)c3c2)CC1. The van der Waals surface area contributed by atoms with Gasteiger partial charge in [0.2, 0.25) is 5.91 Å². The Bertz CT molecular complexity index is 1420. The third kappa shape index (κ3) is 6.27. The number of nitrogens with zero attached hydrogens (tertiary/aromatic N) is 4. The van der Waals surface area contributed by atoms with E-state index < -0.39 is 20.7 Å². The zero-order valence-corrected chi connectivity index (χ0v) is 20.7. The van der Waals surface area contributed by atoms with Gasteiger partial charge in [-0.15, -0.1) is 0 Å². The minimum absolute atomic E-state index is 0.0101. The van der Waals surface area contributed by atoms with E-state index in [4.69, 9.17) is 0 Å². The number of aryl methyl sites for hydroxylation is 1. The highest BCUT2D eigenvalue weighted by Gasteiger charge is 2.65. The number of ketones is 1. The number of piperazine rings is 1. The maximum Gasteiger partial charge on any atom is 0.310 e. The van der Waals surface area contributed by atoms with E-state index in [0.717, 1.165) is 17.8 Å². The Balaban J connectivity index is 1.43. The predicted octanol–water partition coefficient (Wildman–Crippen LogP) is 4.92. The summed E-state index contributed by atoms with van der Waals surface area (Å²) in [5, 5.41) is 0.327. The van der Waals surface area contributed by atoms with Gasteiger partial charge < -0.3 is 9.80 Å². The molecule has 7 nitrogen and oxygen atoms in total. The van der Waals surface area contributed by atoms with Crippen LogP contribution in [0, 0.1) is 0 Å². The number of carbonyl (C=O) groups excluding carboxylic acids is 2. The minimum Gasteiger partial charge on any atom is -0.368 e. The predicted molar refractivity (Wildman–Crippen MR) is 132 cm³/mol. The van der Waals surface area contributed by atoms with Crippen LogP contribution in [-0.2, 0) is 22.6 Å². The van der Waals surface area contributed by atoms with E-state index in [1.54, 1.807) is 17.0 Å². The van der Waals surface area contributed by atoms with E-state index in [2.05, 4.69) is 9.88 Å². The highest BCUT2D eigenvalue weighted by Crippen LogP contribution is 3.02. The van der Waals surface area contributed by atoms with Gasteiger partial charge >= 0.3 is 10.2 Å². The number of hydrogen-bond donors (Lipinski definition) is 0. The number of anilines is 1. The van der Waals surface area contributed by atoms with Crippen LogP contribution >= 0.6 is 10.2 Å². The molecule has 0 saturated carbocycles. The van der Waals surface area contributed by atoms with Gasteiger partial charge in [-0.05, 0) is 42.3 Å². The number of fused-ring (bicyclic) bond motifs is 1. The first kappa shape index (κ1) is 26.6. The zero-order chi connectivity index (χ0) is 27.1. The van der Waals surface area contributed by atoms with Gasteiger partial charge in [-0.1, -0.05) is 31.6 Å². The van der Waals surface area contributed by atoms with Crippen LogP contribution in [0.5, 0.6) is 0 Å². The number of aromatic nitrogens is 2. The molecule has 0 atom stereocenters. The van der Waals surface area contributed by atoms with Crippen molar-refractivity contribution in [3.8, 4) is 0 Å². The summed E-state index contributed by atoms with van der Waals surface area (Å²) in [6.07, 6.45) is 1.20.